The van der Waals surface area contributed by atoms with Crippen LogP contribution in [0.1, 0.15) is 36.7 Å². The Balaban J connectivity index is 2.61. The van der Waals surface area contributed by atoms with Gasteiger partial charge in [0.1, 0.15) is 5.82 Å². The van der Waals surface area contributed by atoms with Crippen LogP contribution >= 0.6 is 0 Å². The van der Waals surface area contributed by atoms with Crippen molar-refractivity contribution in [2.45, 2.75) is 32.7 Å². The molecule has 0 spiro atoms. The van der Waals surface area contributed by atoms with Crippen molar-refractivity contribution in [3.63, 3.8) is 0 Å². The fraction of sp³-hybridized carbons (Fsp3) is 0.500. The highest BCUT2D eigenvalue weighted by Gasteiger charge is 2.12. The van der Waals surface area contributed by atoms with Gasteiger partial charge in [-0.3, -0.25) is 9.89 Å². The Hall–Kier alpha value is -1.65. The van der Waals surface area contributed by atoms with Crippen LogP contribution in [0.15, 0.2) is 12.7 Å². The lowest BCUT2D eigenvalue weighted by Gasteiger charge is -2.05. The van der Waals surface area contributed by atoms with Gasteiger partial charge in [0.05, 0.1) is 0 Å². The summed E-state index contributed by atoms with van der Waals surface area (Å²) in [4.78, 5) is 15.6. The predicted molar refractivity (Wildman–Crippen MR) is 57.5 cm³/mol. The van der Waals surface area contributed by atoms with Gasteiger partial charge in [-0.2, -0.15) is 0 Å². The maximum Gasteiger partial charge on any atom is 0.291 e. The minimum atomic E-state index is -0.277. The fourth-order valence-electron chi connectivity index (χ4n) is 1.08. The summed E-state index contributed by atoms with van der Waals surface area (Å²) in [5, 5.41) is 9.27. The molecule has 0 saturated heterocycles. The van der Waals surface area contributed by atoms with Crippen molar-refractivity contribution >= 4 is 5.91 Å². The zero-order chi connectivity index (χ0) is 11.3. The number of nitrogens with one attached hydrogen (secondary N) is 2. The van der Waals surface area contributed by atoms with Gasteiger partial charge >= 0.3 is 0 Å². The first kappa shape index (κ1) is 11.4. The lowest BCUT2D eigenvalue weighted by Crippen LogP contribution is -2.31. The SMILES string of the molecule is C=CC(C)NC(=O)c1n[nH]c(CCC)n1. The second-order valence-electron chi connectivity index (χ2n) is 3.35. The van der Waals surface area contributed by atoms with Gasteiger partial charge in [-0.1, -0.05) is 13.0 Å². The number of aromatic nitrogens is 3. The molecule has 0 aliphatic rings. The quantitative estimate of drug-likeness (QED) is 0.711. The molecule has 0 aliphatic carbocycles. The largest absolute Gasteiger partial charge is 0.343 e. The number of carbonyl (C=O) groups excluding carboxylic acids is 1. The van der Waals surface area contributed by atoms with E-state index in [-0.39, 0.29) is 17.8 Å². The Kier molecular flexibility index (Phi) is 4.03. The summed E-state index contributed by atoms with van der Waals surface area (Å²) < 4.78 is 0. The van der Waals surface area contributed by atoms with E-state index in [4.69, 9.17) is 0 Å². The molecule has 0 radical (unpaired) electrons. The van der Waals surface area contributed by atoms with Crippen molar-refractivity contribution in [3.8, 4) is 0 Å². The van der Waals surface area contributed by atoms with Gasteiger partial charge < -0.3 is 5.32 Å². The molecule has 0 aliphatic heterocycles. The summed E-state index contributed by atoms with van der Waals surface area (Å²) in [6, 6.07) is -0.0781. The Bertz CT molecular complexity index is 345. The molecule has 5 heteroatoms. The minimum absolute atomic E-state index is 0.0781. The van der Waals surface area contributed by atoms with Crippen molar-refractivity contribution in [1.29, 1.82) is 0 Å². The second-order valence-corrected chi connectivity index (χ2v) is 3.35. The van der Waals surface area contributed by atoms with Crippen LogP contribution in [0, 0.1) is 0 Å². The zero-order valence-electron chi connectivity index (χ0n) is 9.08. The standard InChI is InChI=1S/C10H16N4O/c1-4-6-8-12-9(14-13-8)10(15)11-7(3)5-2/h5,7H,2,4,6H2,1,3H3,(H,11,15)(H,12,13,14). The molecule has 82 valence electrons. The van der Waals surface area contributed by atoms with E-state index in [1.165, 1.54) is 0 Å². The summed E-state index contributed by atoms with van der Waals surface area (Å²) in [7, 11) is 0. The number of rotatable bonds is 5. The van der Waals surface area contributed by atoms with Crippen molar-refractivity contribution in [1.82, 2.24) is 20.5 Å². The smallest absolute Gasteiger partial charge is 0.291 e. The summed E-state index contributed by atoms with van der Waals surface area (Å²) in [5.41, 5.74) is 0. The van der Waals surface area contributed by atoms with E-state index in [1.54, 1.807) is 6.08 Å². The maximum atomic E-state index is 11.5. The highest BCUT2D eigenvalue weighted by molar-refractivity contribution is 5.90. The molecule has 0 bridgehead atoms. The lowest BCUT2D eigenvalue weighted by molar-refractivity contribution is 0.0937. The number of amides is 1. The third-order valence-electron chi connectivity index (χ3n) is 1.93. The number of nitrogens with zero attached hydrogens (tertiary/aromatic N) is 2. The van der Waals surface area contributed by atoms with E-state index < -0.39 is 0 Å². The number of aromatic amines is 1. The predicted octanol–water partition coefficient (Wildman–Crippen LogP) is 1.06. The van der Waals surface area contributed by atoms with E-state index in [0.29, 0.717) is 0 Å². The van der Waals surface area contributed by atoms with E-state index in [0.717, 1.165) is 18.7 Å². The van der Waals surface area contributed by atoms with E-state index in [1.807, 2.05) is 13.8 Å². The number of H-pyrrole nitrogens is 1. The van der Waals surface area contributed by atoms with Gasteiger partial charge in [-0.15, -0.1) is 11.7 Å². The Morgan fingerprint density at radius 2 is 2.47 bits per heavy atom. The third-order valence-corrected chi connectivity index (χ3v) is 1.93. The fourth-order valence-corrected chi connectivity index (χ4v) is 1.08. The minimum Gasteiger partial charge on any atom is -0.343 e. The molecule has 1 aromatic rings. The van der Waals surface area contributed by atoms with Crippen molar-refractivity contribution in [2.75, 3.05) is 0 Å². The number of hydrogen-bond donors (Lipinski definition) is 2. The summed E-state index contributed by atoms with van der Waals surface area (Å²) in [6.45, 7) is 7.46. The van der Waals surface area contributed by atoms with Crippen LogP contribution in [0.5, 0.6) is 0 Å². The molecule has 1 unspecified atom stereocenters. The summed E-state index contributed by atoms with van der Waals surface area (Å²) >= 11 is 0. The molecular weight excluding hydrogens is 192 g/mol. The monoisotopic (exact) mass is 208 g/mol. The molecule has 0 fully saturated rings. The van der Waals surface area contributed by atoms with Crippen molar-refractivity contribution < 1.29 is 4.79 Å². The van der Waals surface area contributed by atoms with Gasteiger partial charge in [0, 0.05) is 12.5 Å². The average molecular weight is 208 g/mol. The second kappa shape index (κ2) is 5.29. The van der Waals surface area contributed by atoms with Crippen LogP contribution in [0.2, 0.25) is 0 Å². The molecule has 1 aromatic heterocycles. The van der Waals surface area contributed by atoms with Gasteiger partial charge in [0.25, 0.3) is 5.91 Å². The Morgan fingerprint density at radius 3 is 3.07 bits per heavy atom. The van der Waals surface area contributed by atoms with Crippen molar-refractivity contribution in [3.05, 3.63) is 24.3 Å². The van der Waals surface area contributed by atoms with Crippen LogP contribution in [0.3, 0.4) is 0 Å². The van der Waals surface area contributed by atoms with E-state index in [9.17, 15) is 4.79 Å². The van der Waals surface area contributed by atoms with Crippen LogP contribution in [0.4, 0.5) is 0 Å². The summed E-state index contributed by atoms with van der Waals surface area (Å²) in [6.07, 6.45) is 3.42. The van der Waals surface area contributed by atoms with Crippen LogP contribution < -0.4 is 5.32 Å². The zero-order valence-corrected chi connectivity index (χ0v) is 9.08. The molecule has 0 saturated carbocycles. The Morgan fingerprint density at radius 1 is 1.73 bits per heavy atom. The summed E-state index contributed by atoms with van der Waals surface area (Å²) in [5.74, 6) is 0.655. The van der Waals surface area contributed by atoms with Gasteiger partial charge in [-0.25, -0.2) is 4.98 Å². The normalized spacial score (nSPS) is 12.1. The Labute approximate surface area is 89.0 Å². The molecule has 5 nitrogen and oxygen atoms in total. The molecule has 15 heavy (non-hydrogen) atoms. The van der Waals surface area contributed by atoms with Crippen molar-refractivity contribution in [2.24, 2.45) is 0 Å². The highest BCUT2D eigenvalue weighted by Crippen LogP contribution is 1.97. The first-order chi connectivity index (χ1) is 7.17. The van der Waals surface area contributed by atoms with E-state index in [2.05, 4.69) is 27.1 Å². The molecule has 2 N–H and O–H groups in total. The van der Waals surface area contributed by atoms with Gasteiger partial charge in [0.2, 0.25) is 5.82 Å². The number of carbonyl (C=O) groups is 1. The average Bonchev–Trinajstić information content (AvgIpc) is 2.67. The topological polar surface area (TPSA) is 70.7 Å². The molecular formula is C10H16N4O. The molecule has 0 aromatic carbocycles. The first-order valence-electron chi connectivity index (χ1n) is 5.02. The third kappa shape index (κ3) is 3.19. The van der Waals surface area contributed by atoms with Crippen LogP contribution in [0.25, 0.3) is 0 Å². The maximum absolute atomic E-state index is 11.5. The molecule has 1 heterocycles. The number of hydrogen-bond acceptors (Lipinski definition) is 3. The van der Waals surface area contributed by atoms with Gasteiger partial charge in [-0.05, 0) is 13.3 Å². The van der Waals surface area contributed by atoms with Gasteiger partial charge in [0.15, 0.2) is 0 Å². The molecule has 1 atom stereocenters. The molecule has 1 rings (SSSR count). The van der Waals surface area contributed by atoms with Crippen LogP contribution in [-0.4, -0.2) is 27.1 Å². The number of aryl methyl sites for hydroxylation is 1. The van der Waals surface area contributed by atoms with E-state index >= 15 is 0 Å². The molecule has 1 amide bonds. The lowest BCUT2D eigenvalue weighted by atomic mass is 10.3. The first-order valence-corrected chi connectivity index (χ1v) is 5.02. The van der Waals surface area contributed by atoms with Crippen LogP contribution in [-0.2, 0) is 6.42 Å². The highest BCUT2D eigenvalue weighted by atomic mass is 16.2.